The summed E-state index contributed by atoms with van der Waals surface area (Å²) < 4.78 is 0. The lowest BCUT2D eigenvalue weighted by Crippen LogP contribution is -2.15. The van der Waals surface area contributed by atoms with E-state index in [1.165, 1.54) is 12.8 Å². The lowest BCUT2D eigenvalue weighted by molar-refractivity contribution is 0.665. The molecule has 1 nitrogen and oxygen atoms in total. The van der Waals surface area contributed by atoms with Crippen LogP contribution in [0.15, 0.2) is 0 Å². The van der Waals surface area contributed by atoms with Crippen LogP contribution in [0, 0.1) is 0 Å². The van der Waals surface area contributed by atoms with Crippen LogP contribution in [0.3, 0.4) is 0 Å². The second-order valence-electron chi connectivity index (χ2n) is 1.83. The van der Waals surface area contributed by atoms with E-state index in [4.69, 9.17) is 0 Å². The first-order valence-electron chi connectivity index (χ1n) is 3.23. The SMILES string of the molecule is CCCNCCCS. The predicted octanol–water partition coefficient (Wildman–Crippen LogP) is 1.31. The van der Waals surface area contributed by atoms with Crippen molar-refractivity contribution in [2.24, 2.45) is 0 Å². The van der Waals surface area contributed by atoms with Gasteiger partial charge in [-0.3, -0.25) is 0 Å². The van der Waals surface area contributed by atoms with Crippen LogP contribution in [0.25, 0.3) is 0 Å². The van der Waals surface area contributed by atoms with Crippen LogP contribution in [-0.2, 0) is 0 Å². The second kappa shape index (κ2) is 7.31. The van der Waals surface area contributed by atoms with Crippen LogP contribution in [0.4, 0.5) is 0 Å². The van der Waals surface area contributed by atoms with Gasteiger partial charge in [-0.2, -0.15) is 12.6 Å². The van der Waals surface area contributed by atoms with E-state index in [1.807, 2.05) is 0 Å². The third kappa shape index (κ3) is 6.31. The molecular weight excluding hydrogens is 118 g/mol. The molecule has 1 N–H and O–H groups in total. The normalized spacial score (nSPS) is 9.75. The molecular formula is C6H15NS. The molecule has 0 aliphatic carbocycles. The lowest BCUT2D eigenvalue weighted by Gasteiger charge is -1.97. The molecule has 50 valence electrons. The van der Waals surface area contributed by atoms with E-state index in [2.05, 4.69) is 24.9 Å². The smallest absolute Gasteiger partial charge is 0.00411 e. The maximum Gasteiger partial charge on any atom is -0.00411 e. The van der Waals surface area contributed by atoms with Crippen LogP contribution in [-0.4, -0.2) is 18.8 Å². The molecule has 0 heterocycles. The zero-order valence-electron chi connectivity index (χ0n) is 5.48. The number of rotatable bonds is 5. The van der Waals surface area contributed by atoms with Gasteiger partial charge < -0.3 is 5.32 Å². The summed E-state index contributed by atoms with van der Waals surface area (Å²) in [7, 11) is 0. The van der Waals surface area contributed by atoms with Crippen molar-refractivity contribution in [3.05, 3.63) is 0 Å². The maximum atomic E-state index is 4.08. The Hall–Kier alpha value is 0.310. The minimum atomic E-state index is 0.997. The Morgan fingerprint density at radius 2 is 2.12 bits per heavy atom. The van der Waals surface area contributed by atoms with Crippen molar-refractivity contribution in [3.63, 3.8) is 0 Å². The summed E-state index contributed by atoms with van der Waals surface area (Å²) >= 11 is 4.08. The molecule has 0 aliphatic rings. The van der Waals surface area contributed by atoms with Gasteiger partial charge >= 0.3 is 0 Å². The van der Waals surface area contributed by atoms with E-state index in [-0.39, 0.29) is 0 Å². The van der Waals surface area contributed by atoms with E-state index < -0.39 is 0 Å². The molecule has 0 aromatic carbocycles. The van der Waals surface area contributed by atoms with Crippen LogP contribution in [0.2, 0.25) is 0 Å². The largest absolute Gasteiger partial charge is 0.317 e. The summed E-state index contributed by atoms with van der Waals surface area (Å²) in [6.07, 6.45) is 2.41. The van der Waals surface area contributed by atoms with Gasteiger partial charge in [0.15, 0.2) is 0 Å². The summed E-state index contributed by atoms with van der Waals surface area (Å²) in [5.41, 5.74) is 0. The molecule has 0 spiro atoms. The van der Waals surface area contributed by atoms with Gasteiger partial charge in [0.2, 0.25) is 0 Å². The molecule has 2 heteroatoms. The van der Waals surface area contributed by atoms with Crippen LogP contribution >= 0.6 is 12.6 Å². The van der Waals surface area contributed by atoms with Gasteiger partial charge in [0, 0.05) is 0 Å². The van der Waals surface area contributed by atoms with Gasteiger partial charge in [-0.05, 0) is 31.7 Å². The van der Waals surface area contributed by atoms with Crippen molar-refractivity contribution in [1.82, 2.24) is 5.32 Å². The summed E-state index contributed by atoms with van der Waals surface area (Å²) in [5.74, 6) is 0.997. The first-order chi connectivity index (χ1) is 3.91. The van der Waals surface area contributed by atoms with Crippen molar-refractivity contribution >= 4 is 12.6 Å². The summed E-state index contributed by atoms with van der Waals surface area (Å²) in [4.78, 5) is 0. The Kier molecular flexibility index (Phi) is 7.59. The molecule has 8 heavy (non-hydrogen) atoms. The zero-order valence-corrected chi connectivity index (χ0v) is 6.38. The monoisotopic (exact) mass is 133 g/mol. The van der Waals surface area contributed by atoms with Crippen LogP contribution in [0.5, 0.6) is 0 Å². The van der Waals surface area contributed by atoms with Gasteiger partial charge in [-0.1, -0.05) is 6.92 Å². The van der Waals surface area contributed by atoms with E-state index in [9.17, 15) is 0 Å². The van der Waals surface area contributed by atoms with E-state index in [1.54, 1.807) is 0 Å². The zero-order chi connectivity index (χ0) is 6.24. The fourth-order valence-electron chi connectivity index (χ4n) is 0.506. The summed E-state index contributed by atoms with van der Waals surface area (Å²) in [5, 5.41) is 3.29. The molecule has 0 radical (unpaired) electrons. The van der Waals surface area contributed by atoms with Crippen molar-refractivity contribution in [2.75, 3.05) is 18.8 Å². The lowest BCUT2D eigenvalue weighted by atomic mass is 10.4. The fourth-order valence-corrected chi connectivity index (χ4v) is 0.664. The molecule has 0 saturated carbocycles. The highest BCUT2D eigenvalue weighted by Crippen LogP contribution is 1.79. The van der Waals surface area contributed by atoms with Gasteiger partial charge in [-0.25, -0.2) is 0 Å². The van der Waals surface area contributed by atoms with Crippen molar-refractivity contribution in [3.8, 4) is 0 Å². The minimum Gasteiger partial charge on any atom is -0.317 e. The molecule has 0 amide bonds. The Bertz CT molecular complexity index is 33.5. The topological polar surface area (TPSA) is 12.0 Å². The minimum absolute atomic E-state index is 0.997. The number of thiol groups is 1. The first-order valence-corrected chi connectivity index (χ1v) is 3.86. The third-order valence-electron chi connectivity index (χ3n) is 0.938. The molecule has 0 unspecified atom stereocenters. The number of nitrogens with one attached hydrogen (secondary N) is 1. The van der Waals surface area contributed by atoms with Gasteiger partial charge in [0.1, 0.15) is 0 Å². The molecule has 0 aromatic heterocycles. The Morgan fingerprint density at radius 3 is 2.62 bits per heavy atom. The summed E-state index contributed by atoms with van der Waals surface area (Å²) in [6.45, 7) is 4.44. The van der Waals surface area contributed by atoms with E-state index in [0.29, 0.717) is 0 Å². The van der Waals surface area contributed by atoms with Crippen molar-refractivity contribution in [1.29, 1.82) is 0 Å². The average Bonchev–Trinajstić information content (AvgIpc) is 1.81. The molecule has 0 atom stereocenters. The van der Waals surface area contributed by atoms with Crippen molar-refractivity contribution < 1.29 is 0 Å². The number of hydrogen-bond acceptors (Lipinski definition) is 2. The average molecular weight is 133 g/mol. The molecule has 0 aliphatic heterocycles. The molecule has 0 fully saturated rings. The molecule has 0 bridgehead atoms. The Labute approximate surface area is 57.3 Å². The van der Waals surface area contributed by atoms with Crippen LogP contribution in [0.1, 0.15) is 19.8 Å². The molecule has 0 saturated heterocycles. The van der Waals surface area contributed by atoms with Gasteiger partial charge in [-0.15, -0.1) is 0 Å². The predicted molar refractivity (Wildman–Crippen MR) is 41.6 cm³/mol. The highest BCUT2D eigenvalue weighted by Gasteiger charge is 1.80. The second-order valence-corrected chi connectivity index (χ2v) is 2.27. The summed E-state index contributed by atoms with van der Waals surface area (Å²) in [6, 6.07) is 0. The maximum absolute atomic E-state index is 4.08. The molecule has 0 rings (SSSR count). The standard InChI is InChI=1S/C6H15NS/c1-2-4-7-5-3-6-8/h7-8H,2-6H2,1H3. The Balaban J connectivity index is 2.53. The highest BCUT2D eigenvalue weighted by molar-refractivity contribution is 7.80. The quantitative estimate of drug-likeness (QED) is 0.425. The van der Waals surface area contributed by atoms with E-state index >= 15 is 0 Å². The first kappa shape index (κ1) is 8.31. The highest BCUT2D eigenvalue weighted by atomic mass is 32.1. The van der Waals surface area contributed by atoms with Crippen LogP contribution < -0.4 is 5.32 Å². The fraction of sp³-hybridized carbons (Fsp3) is 1.00. The third-order valence-corrected chi connectivity index (χ3v) is 1.25. The number of hydrogen-bond donors (Lipinski definition) is 2. The van der Waals surface area contributed by atoms with Crippen molar-refractivity contribution in [2.45, 2.75) is 19.8 Å². The van der Waals surface area contributed by atoms with Gasteiger partial charge in [0.05, 0.1) is 0 Å². The van der Waals surface area contributed by atoms with Gasteiger partial charge in [0.25, 0.3) is 0 Å². The van der Waals surface area contributed by atoms with E-state index in [0.717, 1.165) is 18.8 Å². The molecule has 0 aromatic rings. The Morgan fingerprint density at radius 1 is 1.38 bits per heavy atom.